The molecule has 0 spiro atoms. The molecule has 3 aliphatic heterocycles. The highest BCUT2D eigenvalue weighted by Crippen LogP contribution is 2.37. The van der Waals surface area contributed by atoms with Crippen LogP contribution in [-0.4, -0.2) is 103 Å². The first-order valence-electron chi connectivity index (χ1n) is 14.9. The van der Waals surface area contributed by atoms with Gasteiger partial charge in [-0.2, -0.15) is 0 Å². The van der Waals surface area contributed by atoms with Crippen LogP contribution >= 0.6 is 0 Å². The van der Waals surface area contributed by atoms with Crippen LogP contribution in [0.3, 0.4) is 0 Å². The zero-order valence-electron chi connectivity index (χ0n) is 24.6. The Morgan fingerprint density at radius 1 is 1.07 bits per heavy atom. The summed E-state index contributed by atoms with van der Waals surface area (Å²) in [5, 5.41) is 20.0. The number of nitrogens with one attached hydrogen (secondary N) is 2. The number of rotatable bonds is 9. The Bertz CT molecular complexity index is 1340. The molecule has 5 N–H and O–H groups in total. The molecule has 0 bridgehead atoms. The number of likely N-dealkylation sites (N-methyl/N-ethyl adjacent to an activating group) is 1. The lowest BCUT2D eigenvalue weighted by atomic mass is 9.88. The van der Waals surface area contributed by atoms with Gasteiger partial charge in [0.25, 0.3) is 0 Å². The molecule has 230 valence electrons. The van der Waals surface area contributed by atoms with Crippen molar-refractivity contribution in [1.82, 2.24) is 14.7 Å². The average Bonchev–Trinajstić information content (AvgIpc) is 2.99. The first kappa shape index (κ1) is 30.3. The van der Waals surface area contributed by atoms with Gasteiger partial charge in [0, 0.05) is 50.5 Å². The molecule has 12 nitrogen and oxygen atoms in total. The number of carboxylic acid groups (broad SMARTS) is 1. The number of carboxylic acids is 1. The number of carbonyl (C=O) groups excluding carboxylic acids is 2. The van der Waals surface area contributed by atoms with Crippen molar-refractivity contribution in [3.63, 3.8) is 0 Å². The van der Waals surface area contributed by atoms with Gasteiger partial charge in [-0.15, -0.1) is 0 Å². The average molecular weight is 592 g/mol. The fourth-order valence-corrected chi connectivity index (χ4v) is 6.29. The van der Waals surface area contributed by atoms with E-state index in [-0.39, 0.29) is 48.6 Å². The molecular formula is C31H41N7O5. The number of piperazine rings is 1. The highest BCUT2D eigenvalue weighted by Gasteiger charge is 2.35. The van der Waals surface area contributed by atoms with E-state index in [0.717, 1.165) is 41.9 Å². The number of hydrogen-bond acceptors (Lipinski definition) is 7. The van der Waals surface area contributed by atoms with Crippen LogP contribution in [0.1, 0.15) is 46.8 Å². The summed E-state index contributed by atoms with van der Waals surface area (Å²) in [6.45, 7) is 4.15. The molecule has 2 aromatic rings. The number of benzene rings is 2. The van der Waals surface area contributed by atoms with Crippen LogP contribution in [0.25, 0.3) is 0 Å². The van der Waals surface area contributed by atoms with E-state index in [1.165, 1.54) is 12.1 Å². The van der Waals surface area contributed by atoms with E-state index in [1.54, 1.807) is 12.1 Å². The molecule has 3 aliphatic rings. The number of carbonyl (C=O) groups is 3. The summed E-state index contributed by atoms with van der Waals surface area (Å²) in [7, 11) is 1.95. The minimum absolute atomic E-state index is 0.0727. The van der Waals surface area contributed by atoms with Crippen LogP contribution in [0, 0.1) is 11.3 Å². The van der Waals surface area contributed by atoms with Gasteiger partial charge in [0.05, 0.1) is 24.8 Å². The summed E-state index contributed by atoms with van der Waals surface area (Å²) in [6, 6.07) is 12.1. The van der Waals surface area contributed by atoms with Crippen molar-refractivity contribution < 1.29 is 24.2 Å². The Kier molecular flexibility index (Phi) is 9.46. The zero-order valence-corrected chi connectivity index (χ0v) is 24.6. The normalized spacial score (nSPS) is 19.7. The van der Waals surface area contributed by atoms with Crippen LogP contribution in [0.4, 0.5) is 11.4 Å². The third kappa shape index (κ3) is 7.08. The van der Waals surface area contributed by atoms with Gasteiger partial charge in [-0.1, -0.05) is 12.1 Å². The van der Waals surface area contributed by atoms with Crippen LogP contribution in [0.15, 0.2) is 42.5 Å². The number of likely N-dealkylation sites (tertiary alicyclic amines) is 1. The molecular weight excluding hydrogens is 550 g/mol. The molecule has 2 fully saturated rings. The van der Waals surface area contributed by atoms with E-state index < -0.39 is 5.97 Å². The molecule has 2 saturated heterocycles. The summed E-state index contributed by atoms with van der Waals surface area (Å²) < 4.78 is 6.09. The van der Waals surface area contributed by atoms with Gasteiger partial charge in [-0.05, 0) is 73.7 Å². The quantitative estimate of drug-likeness (QED) is 0.149. The van der Waals surface area contributed by atoms with Crippen LogP contribution < -0.4 is 16.0 Å². The fraction of sp³-hybridized carbons (Fsp3) is 0.484. The molecule has 3 heterocycles. The smallest absolute Gasteiger partial charge is 0.335 e. The van der Waals surface area contributed by atoms with Gasteiger partial charge < -0.3 is 35.6 Å². The number of hydrogen-bond donors (Lipinski definition) is 4. The molecule has 0 radical (unpaired) electrons. The summed E-state index contributed by atoms with van der Waals surface area (Å²) in [5.41, 5.74) is 9.60. The topological polar surface area (TPSA) is 156 Å². The minimum Gasteiger partial charge on any atom is -0.478 e. The lowest BCUT2D eigenvalue weighted by Gasteiger charge is -2.41. The van der Waals surface area contributed by atoms with Crippen molar-refractivity contribution in [2.24, 2.45) is 11.7 Å². The molecule has 2 aromatic carbocycles. The van der Waals surface area contributed by atoms with Crippen molar-refractivity contribution >= 4 is 35.1 Å². The number of amides is 2. The van der Waals surface area contributed by atoms with Crippen molar-refractivity contribution in [2.45, 2.75) is 31.7 Å². The highest BCUT2D eigenvalue weighted by molar-refractivity contribution is 5.96. The number of piperidine rings is 1. The first-order chi connectivity index (χ1) is 20.7. The number of nitrogens with zero attached hydrogens (tertiary/aromatic N) is 4. The van der Waals surface area contributed by atoms with Gasteiger partial charge in [0.2, 0.25) is 11.8 Å². The Morgan fingerprint density at radius 2 is 1.81 bits per heavy atom. The first-order valence-corrected chi connectivity index (χ1v) is 14.9. The summed E-state index contributed by atoms with van der Waals surface area (Å²) >= 11 is 0. The SMILES string of the molecule is CN1CCN(c2cccc3c2CCN(C(=O)CC2CCN(C(=N)N)CC2)C3COCNc2ccc(C(=O)O)cc2)C(=O)C1. The van der Waals surface area contributed by atoms with Crippen molar-refractivity contribution in [3.8, 4) is 0 Å². The fourth-order valence-electron chi connectivity index (χ4n) is 6.29. The van der Waals surface area contributed by atoms with E-state index in [1.807, 2.05) is 44.8 Å². The molecule has 1 unspecified atom stereocenters. The number of aromatic carboxylic acids is 1. The number of anilines is 2. The van der Waals surface area contributed by atoms with Gasteiger partial charge in [0.15, 0.2) is 5.96 Å². The van der Waals surface area contributed by atoms with Gasteiger partial charge in [-0.25, -0.2) is 4.79 Å². The molecule has 1 atom stereocenters. The summed E-state index contributed by atoms with van der Waals surface area (Å²) in [6.07, 6.45) is 2.72. The predicted molar refractivity (Wildman–Crippen MR) is 163 cm³/mol. The molecule has 5 rings (SSSR count). The van der Waals surface area contributed by atoms with Crippen LogP contribution in [0.5, 0.6) is 0 Å². The van der Waals surface area contributed by atoms with Crippen LogP contribution in [-0.2, 0) is 20.7 Å². The highest BCUT2D eigenvalue weighted by atomic mass is 16.5. The predicted octanol–water partition coefficient (Wildman–Crippen LogP) is 2.17. The van der Waals surface area contributed by atoms with E-state index in [4.69, 9.17) is 21.0 Å². The third-order valence-corrected chi connectivity index (χ3v) is 8.75. The van der Waals surface area contributed by atoms with E-state index in [2.05, 4.69) is 5.32 Å². The molecule has 43 heavy (non-hydrogen) atoms. The van der Waals surface area contributed by atoms with Crippen molar-refractivity contribution in [2.75, 3.05) is 69.9 Å². The second-order valence-electron chi connectivity index (χ2n) is 11.6. The Balaban J connectivity index is 1.31. The summed E-state index contributed by atoms with van der Waals surface area (Å²) in [5.74, 6) is -0.514. The third-order valence-electron chi connectivity index (χ3n) is 8.75. The Labute approximate surface area is 251 Å². The summed E-state index contributed by atoms with van der Waals surface area (Å²) in [4.78, 5) is 45.6. The van der Waals surface area contributed by atoms with E-state index >= 15 is 0 Å². The lowest BCUT2D eigenvalue weighted by Crippen LogP contribution is -2.50. The standard InChI is InChI=1S/C31H41N7O5/c1-35-15-16-38(29(40)18-35)26-4-2-3-24-25(26)11-14-37(28(39)17-21-9-12-36(13-10-21)31(32)33)27(24)19-43-20-34-23-7-5-22(6-8-23)30(41)42/h2-8,21,27,34H,9-20H2,1H3,(H3,32,33)(H,41,42). The molecule has 0 saturated carbocycles. The maximum atomic E-state index is 13.8. The van der Waals surface area contributed by atoms with Crippen LogP contribution in [0.2, 0.25) is 0 Å². The molecule has 12 heteroatoms. The second kappa shape index (κ2) is 13.4. The Morgan fingerprint density at radius 3 is 2.49 bits per heavy atom. The molecule has 2 amide bonds. The number of ether oxygens (including phenoxy) is 1. The molecule has 0 aliphatic carbocycles. The zero-order chi connectivity index (χ0) is 30.5. The minimum atomic E-state index is -0.981. The van der Waals surface area contributed by atoms with E-state index in [0.29, 0.717) is 45.6 Å². The maximum Gasteiger partial charge on any atom is 0.335 e. The van der Waals surface area contributed by atoms with Gasteiger partial charge in [0.1, 0.15) is 6.73 Å². The van der Waals surface area contributed by atoms with Crippen molar-refractivity contribution in [1.29, 1.82) is 5.41 Å². The second-order valence-corrected chi connectivity index (χ2v) is 11.6. The number of nitrogens with two attached hydrogens (primary N) is 1. The largest absolute Gasteiger partial charge is 0.478 e. The van der Waals surface area contributed by atoms with Crippen molar-refractivity contribution in [3.05, 3.63) is 59.2 Å². The molecule has 0 aromatic heterocycles. The van der Waals surface area contributed by atoms with E-state index in [9.17, 15) is 14.4 Å². The Hall–Kier alpha value is -4.16. The maximum absolute atomic E-state index is 13.8. The van der Waals surface area contributed by atoms with Gasteiger partial charge in [-0.3, -0.25) is 19.9 Å². The number of guanidine groups is 1. The monoisotopic (exact) mass is 591 g/mol. The number of fused-ring (bicyclic) bond motifs is 1. The van der Waals surface area contributed by atoms with Gasteiger partial charge >= 0.3 is 5.97 Å². The lowest BCUT2D eigenvalue weighted by molar-refractivity contribution is -0.137.